The molecule has 0 unspecified atom stereocenters. The van der Waals surface area contributed by atoms with Gasteiger partial charge in [-0.05, 0) is 49.9 Å². The summed E-state index contributed by atoms with van der Waals surface area (Å²) >= 11 is 0. The van der Waals surface area contributed by atoms with E-state index in [9.17, 15) is 9.59 Å². The van der Waals surface area contributed by atoms with Gasteiger partial charge in [-0.2, -0.15) is 0 Å². The number of carbonyl (C=O) groups is 2. The molecule has 0 atom stereocenters. The summed E-state index contributed by atoms with van der Waals surface area (Å²) in [6.07, 6.45) is 5.25. The molecule has 29 heavy (non-hydrogen) atoms. The number of ketones is 1. The number of amides is 1. The molecule has 0 N–H and O–H groups in total. The first-order chi connectivity index (χ1) is 14.0. The van der Waals surface area contributed by atoms with E-state index in [0.717, 1.165) is 37.3 Å². The predicted octanol–water partition coefficient (Wildman–Crippen LogP) is 4.23. The third kappa shape index (κ3) is 4.13. The van der Waals surface area contributed by atoms with Crippen LogP contribution in [0.5, 0.6) is 0 Å². The predicted molar refractivity (Wildman–Crippen MR) is 116 cm³/mol. The van der Waals surface area contributed by atoms with Crippen LogP contribution >= 0.6 is 0 Å². The van der Waals surface area contributed by atoms with Crippen molar-refractivity contribution in [2.24, 2.45) is 0 Å². The van der Waals surface area contributed by atoms with Crippen molar-refractivity contribution in [3.05, 3.63) is 70.3 Å². The van der Waals surface area contributed by atoms with E-state index in [2.05, 4.69) is 4.90 Å². The van der Waals surface area contributed by atoms with Gasteiger partial charge in [-0.15, -0.1) is 0 Å². The summed E-state index contributed by atoms with van der Waals surface area (Å²) in [6, 6.07) is 13.7. The number of aryl methyl sites for hydroxylation is 2. The summed E-state index contributed by atoms with van der Waals surface area (Å²) < 4.78 is 0. The molecule has 1 aliphatic carbocycles. The minimum Gasteiger partial charge on any atom is -0.336 e. The quantitative estimate of drug-likeness (QED) is 0.734. The Morgan fingerprint density at radius 2 is 1.48 bits per heavy atom. The zero-order chi connectivity index (χ0) is 20.4. The molecule has 2 aromatic rings. The van der Waals surface area contributed by atoms with Gasteiger partial charge in [0.2, 0.25) is 0 Å². The van der Waals surface area contributed by atoms with Gasteiger partial charge >= 0.3 is 0 Å². The van der Waals surface area contributed by atoms with E-state index in [1.807, 2.05) is 49.1 Å². The van der Waals surface area contributed by atoms with Gasteiger partial charge in [0.1, 0.15) is 0 Å². The van der Waals surface area contributed by atoms with Gasteiger partial charge in [0, 0.05) is 43.3 Å². The lowest BCUT2D eigenvalue weighted by molar-refractivity contribution is 0.0571. The third-order valence-corrected chi connectivity index (χ3v) is 6.61. The molecule has 0 aromatic heterocycles. The lowest BCUT2D eigenvalue weighted by Gasteiger charge is -2.38. The topological polar surface area (TPSA) is 40.6 Å². The maximum atomic E-state index is 13.3. The largest absolute Gasteiger partial charge is 0.336 e. The van der Waals surface area contributed by atoms with Crippen molar-refractivity contribution in [2.75, 3.05) is 26.2 Å². The van der Waals surface area contributed by atoms with Gasteiger partial charge in [0.15, 0.2) is 5.78 Å². The Hall–Kier alpha value is -2.46. The lowest BCUT2D eigenvalue weighted by Crippen LogP contribution is -2.51. The Labute approximate surface area is 173 Å². The zero-order valence-electron chi connectivity index (χ0n) is 17.5. The van der Waals surface area contributed by atoms with Crippen LogP contribution < -0.4 is 0 Å². The zero-order valence-corrected chi connectivity index (χ0v) is 17.5. The molecular formula is C25H30N2O2. The Balaban J connectivity index is 1.51. The molecule has 152 valence electrons. The molecule has 0 radical (unpaired) electrons. The van der Waals surface area contributed by atoms with Crippen molar-refractivity contribution < 1.29 is 9.59 Å². The average molecular weight is 391 g/mol. The van der Waals surface area contributed by atoms with Crippen molar-refractivity contribution in [1.82, 2.24) is 9.80 Å². The second-order valence-corrected chi connectivity index (χ2v) is 8.44. The summed E-state index contributed by atoms with van der Waals surface area (Å²) in [6.45, 7) is 7.38. The highest BCUT2D eigenvalue weighted by atomic mass is 16.2. The normalized spacial score (nSPS) is 18.2. The van der Waals surface area contributed by atoms with E-state index < -0.39 is 0 Å². The summed E-state index contributed by atoms with van der Waals surface area (Å²) in [5.41, 5.74) is 3.90. The molecule has 1 heterocycles. The van der Waals surface area contributed by atoms with Crippen LogP contribution in [0.1, 0.15) is 63.1 Å². The number of carbonyl (C=O) groups excluding carboxylic acids is 2. The standard InChI is InChI=1S/C25H30N2O2/c1-18-11-12-20(17-19(18)2)24(28)22-9-5-6-10-23(22)25(29)27-15-13-26(14-16-27)21-7-3-4-8-21/h5-6,9-12,17,21H,3-4,7-8,13-16H2,1-2H3. The SMILES string of the molecule is Cc1ccc(C(=O)c2ccccc2C(=O)N2CCN(C3CCCC3)CC2)cc1C. The minimum atomic E-state index is -0.0818. The first kappa shape index (κ1) is 19.8. The van der Waals surface area contributed by atoms with Crippen LogP contribution in [0.15, 0.2) is 42.5 Å². The van der Waals surface area contributed by atoms with Crippen molar-refractivity contribution in [3.8, 4) is 0 Å². The van der Waals surface area contributed by atoms with Crippen molar-refractivity contribution >= 4 is 11.7 Å². The maximum absolute atomic E-state index is 13.3. The summed E-state index contributed by atoms with van der Waals surface area (Å²) in [5.74, 6) is -0.106. The number of nitrogens with zero attached hydrogens (tertiary/aromatic N) is 2. The van der Waals surface area contributed by atoms with Crippen LogP contribution in [0.2, 0.25) is 0 Å². The second kappa shape index (κ2) is 8.50. The van der Waals surface area contributed by atoms with Gasteiger partial charge in [0.05, 0.1) is 5.56 Å². The Bertz CT molecular complexity index is 907. The lowest BCUT2D eigenvalue weighted by atomic mass is 9.95. The molecule has 0 spiro atoms. The van der Waals surface area contributed by atoms with E-state index in [1.54, 1.807) is 12.1 Å². The molecule has 1 amide bonds. The van der Waals surface area contributed by atoms with Crippen molar-refractivity contribution in [1.29, 1.82) is 0 Å². The highest BCUT2D eigenvalue weighted by Gasteiger charge is 2.29. The number of benzene rings is 2. The van der Waals surface area contributed by atoms with Gasteiger partial charge in [-0.3, -0.25) is 14.5 Å². The van der Waals surface area contributed by atoms with Gasteiger partial charge in [0.25, 0.3) is 5.91 Å². The second-order valence-electron chi connectivity index (χ2n) is 8.44. The number of piperazine rings is 1. The van der Waals surface area contributed by atoms with Crippen LogP contribution in [0.25, 0.3) is 0 Å². The van der Waals surface area contributed by atoms with Gasteiger partial charge in [-0.25, -0.2) is 0 Å². The van der Waals surface area contributed by atoms with Crippen LogP contribution in [0.4, 0.5) is 0 Å². The molecule has 4 heteroatoms. The van der Waals surface area contributed by atoms with Crippen LogP contribution in [-0.2, 0) is 0 Å². The van der Waals surface area contributed by atoms with Gasteiger partial charge < -0.3 is 4.90 Å². The maximum Gasteiger partial charge on any atom is 0.254 e. The molecule has 2 fully saturated rings. The Kier molecular flexibility index (Phi) is 5.81. The number of hydrogen-bond acceptors (Lipinski definition) is 3. The summed E-state index contributed by atoms with van der Waals surface area (Å²) in [4.78, 5) is 30.9. The number of hydrogen-bond donors (Lipinski definition) is 0. The van der Waals surface area contributed by atoms with Crippen LogP contribution in [0.3, 0.4) is 0 Å². The number of rotatable bonds is 4. The first-order valence-corrected chi connectivity index (χ1v) is 10.8. The van der Waals surface area contributed by atoms with Crippen LogP contribution in [-0.4, -0.2) is 53.7 Å². The summed E-state index contributed by atoms with van der Waals surface area (Å²) in [7, 11) is 0. The van der Waals surface area contributed by atoms with E-state index in [0.29, 0.717) is 22.7 Å². The fourth-order valence-electron chi connectivity index (χ4n) is 4.64. The smallest absolute Gasteiger partial charge is 0.254 e. The van der Waals surface area contributed by atoms with Crippen molar-refractivity contribution in [2.45, 2.75) is 45.6 Å². The minimum absolute atomic E-state index is 0.0242. The monoisotopic (exact) mass is 390 g/mol. The van der Waals surface area contributed by atoms with E-state index in [1.165, 1.54) is 25.7 Å². The molecule has 1 saturated heterocycles. The molecule has 0 bridgehead atoms. The highest BCUT2D eigenvalue weighted by Crippen LogP contribution is 2.25. The third-order valence-electron chi connectivity index (χ3n) is 6.61. The van der Waals surface area contributed by atoms with E-state index >= 15 is 0 Å². The molecule has 4 rings (SSSR count). The van der Waals surface area contributed by atoms with Crippen LogP contribution in [0, 0.1) is 13.8 Å². The molecule has 1 saturated carbocycles. The fraction of sp³-hybridized carbons (Fsp3) is 0.440. The Morgan fingerprint density at radius 1 is 0.828 bits per heavy atom. The highest BCUT2D eigenvalue weighted by molar-refractivity contribution is 6.15. The Morgan fingerprint density at radius 3 is 2.14 bits per heavy atom. The molecule has 4 nitrogen and oxygen atoms in total. The fourth-order valence-corrected chi connectivity index (χ4v) is 4.64. The molecule has 1 aliphatic heterocycles. The molecule has 2 aliphatic rings. The average Bonchev–Trinajstić information content (AvgIpc) is 3.30. The van der Waals surface area contributed by atoms with E-state index in [4.69, 9.17) is 0 Å². The molecular weight excluding hydrogens is 360 g/mol. The van der Waals surface area contributed by atoms with Gasteiger partial charge in [-0.1, -0.05) is 43.2 Å². The van der Waals surface area contributed by atoms with Crippen molar-refractivity contribution in [3.63, 3.8) is 0 Å². The first-order valence-electron chi connectivity index (χ1n) is 10.8. The molecule has 2 aromatic carbocycles. The summed E-state index contributed by atoms with van der Waals surface area (Å²) in [5, 5.41) is 0. The van der Waals surface area contributed by atoms with E-state index in [-0.39, 0.29) is 11.7 Å².